The lowest BCUT2D eigenvalue weighted by Gasteiger charge is -2.14. The summed E-state index contributed by atoms with van der Waals surface area (Å²) in [6.45, 7) is 0.175. The van der Waals surface area contributed by atoms with Gasteiger partial charge in [-0.15, -0.1) is 0 Å². The number of anilines is 1. The van der Waals surface area contributed by atoms with Gasteiger partial charge in [0.2, 0.25) is 0 Å². The number of rotatable bonds is 5. The predicted molar refractivity (Wildman–Crippen MR) is 88.4 cm³/mol. The Labute approximate surface area is 132 Å². The van der Waals surface area contributed by atoms with Crippen LogP contribution in [-0.4, -0.2) is 27.4 Å². The first-order valence-corrected chi connectivity index (χ1v) is 7.24. The SMILES string of the molecule is Nc1ccn(C[C@H](O)COc2ccc3ccccc3c2)c(=O)n1. The molecule has 0 spiro atoms. The van der Waals surface area contributed by atoms with Crippen molar-refractivity contribution in [2.24, 2.45) is 0 Å². The van der Waals surface area contributed by atoms with Crippen molar-refractivity contribution in [3.8, 4) is 5.75 Å². The molecule has 1 atom stereocenters. The van der Waals surface area contributed by atoms with E-state index in [9.17, 15) is 9.90 Å². The van der Waals surface area contributed by atoms with Gasteiger partial charge in [-0.2, -0.15) is 4.98 Å². The fourth-order valence-corrected chi connectivity index (χ4v) is 2.31. The molecule has 6 nitrogen and oxygen atoms in total. The Balaban J connectivity index is 1.63. The Kier molecular flexibility index (Phi) is 4.25. The van der Waals surface area contributed by atoms with Crippen molar-refractivity contribution < 1.29 is 9.84 Å². The van der Waals surface area contributed by atoms with Gasteiger partial charge in [0, 0.05) is 6.20 Å². The van der Waals surface area contributed by atoms with E-state index < -0.39 is 11.8 Å². The van der Waals surface area contributed by atoms with Crippen molar-refractivity contribution in [2.75, 3.05) is 12.3 Å². The molecule has 1 aromatic heterocycles. The lowest BCUT2D eigenvalue weighted by atomic mass is 10.1. The Bertz CT molecular complexity index is 876. The molecular weight excluding hydrogens is 294 g/mol. The fraction of sp³-hybridized carbons (Fsp3) is 0.176. The first-order chi connectivity index (χ1) is 11.1. The van der Waals surface area contributed by atoms with Gasteiger partial charge in [0.15, 0.2) is 0 Å². The largest absolute Gasteiger partial charge is 0.491 e. The highest BCUT2D eigenvalue weighted by atomic mass is 16.5. The molecule has 23 heavy (non-hydrogen) atoms. The molecule has 0 aliphatic heterocycles. The summed E-state index contributed by atoms with van der Waals surface area (Å²) in [5.41, 5.74) is 4.94. The average molecular weight is 311 g/mol. The number of aliphatic hydroxyl groups excluding tert-OH is 1. The van der Waals surface area contributed by atoms with Crippen molar-refractivity contribution in [1.29, 1.82) is 0 Å². The standard InChI is InChI=1S/C17H17N3O3/c18-16-7-8-20(17(22)19-16)10-14(21)11-23-15-6-5-12-3-1-2-4-13(12)9-15/h1-9,14,21H,10-11H2,(H2,18,19,22)/t14-/m0/s1. The molecule has 0 aliphatic carbocycles. The number of hydrogen-bond acceptors (Lipinski definition) is 5. The Morgan fingerprint density at radius 1 is 1.17 bits per heavy atom. The van der Waals surface area contributed by atoms with Crippen LogP contribution >= 0.6 is 0 Å². The van der Waals surface area contributed by atoms with Crippen molar-refractivity contribution >= 4 is 16.6 Å². The van der Waals surface area contributed by atoms with Gasteiger partial charge in [-0.25, -0.2) is 4.79 Å². The zero-order valence-corrected chi connectivity index (χ0v) is 12.4. The van der Waals surface area contributed by atoms with Gasteiger partial charge in [-0.05, 0) is 29.0 Å². The van der Waals surface area contributed by atoms with Crippen LogP contribution in [0.15, 0.2) is 59.5 Å². The number of fused-ring (bicyclic) bond motifs is 1. The predicted octanol–water partition coefficient (Wildman–Crippen LogP) is 1.42. The second kappa shape index (κ2) is 6.50. The Hall–Kier alpha value is -2.86. The van der Waals surface area contributed by atoms with Crippen molar-refractivity contribution in [3.05, 3.63) is 65.2 Å². The lowest BCUT2D eigenvalue weighted by Crippen LogP contribution is -2.31. The van der Waals surface area contributed by atoms with Crippen LogP contribution in [0.3, 0.4) is 0 Å². The summed E-state index contributed by atoms with van der Waals surface area (Å²) < 4.78 is 6.90. The van der Waals surface area contributed by atoms with E-state index in [0.717, 1.165) is 10.8 Å². The molecule has 6 heteroatoms. The van der Waals surface area contributed by atoms with Gasteiger partial charge in [-0.1, -0.05) is 30.3 Å². The zero-order chi connectivity index (χ0) is 16.2. The zero-order valence-electron chi connectivity index (χ0n) is 12.4. The molecule has 0 saturated carbocycles. The molecule has 1 heterocycles. The van der Waals surface area contributed by atoms with E-state index in [0.29, 0.717) is 5.75 Å². The molecule has 3 N–H and O–H groups in total. The lowest BCUT2D eigenvalue weighted by molar-refractivity contribution is 0.0913. The molecule has 0 unspecified atom stereocenters. The van der Waals surface area contributed by atoms with E-state index in [4.69, 9.17) is 10.5 Å². The first-order valence-electron chi connectivity index (χ1n) is 7.24. The quantitative estimate of drug-likeness (QED) is 0.743. The topological polar surface area (TPSA) is 90.4 Å². The van der Waals surface area contributed by atoms with E-state index in [1.165, 1.54) is 16.8 Å². The molecule has 3 aromatic rings. The van der Waals surface area contributed by atoms with Crippen LogP contribution in [0.1, 0.15) is 0 Å². The highest BCUT2D eigenvalue weighted by Gasteiger charge is 2.08. The molecule has 2 aromatic carbocycles. The minimum absolute atomic E-state index is 0.0785. The summed E-state index contributed by atoms with van der Waals surface area (Å²) in [5, 5.41) is 12.2. The van der Waals surface area contributed by atoms with Gasteiger partial charge >= 0.3 is 5.69 Å². The molecular formula is C17H17N3O3. The minimum atomic E-state index is -0.829. The minimum Gasteiger partial charge on any atom is -0.491 e. The summed E-state index contributed by atoms with van der Waals surface area (Å²) in [7, 11) is 0. The molecule has 0 amide bonds. The Morgan fingerprint density at radius 3 is 2.74 bits per heavy atom. The van der Waals surface area contributed by atoms with E-state index in [1.807, 2.05) is 42.5 Å². The normalized spacial score (nSPS) is 12.2. The second-order valence-corrected chi connectivity index (χ2v) is 5.26. The Morgan fingerprint density at radius 2 is 1.96 bits per heavy atom. The number of hydrogen-bond donors (Lipinski definition) is 2. The van der Waals surface area contributed by atoms with E-state index in [1.54, 1.807) is 0 Å². The van der Waals surface area contributed by atoms with Crippen LogP contribution in [0.2, 0.25) is 0 Å². The van der Waals surface area contributed by atoms with E-state index in [-0.39, 0.29) is 19.0 Å². The number of ether oxygens (including phenoxy) is 1. The maximum atomic E-state index is 11.6. The fourth-order valence-electron chi connectivity index (χ4n) is 2.31. The molecule has 0 aliphatic rings. The van der Waals surface area contributed by atoms with Crippen LogP contribution in [0, 0.1) is 0 Å². The third-order valence-electron chi connectivity index (χ3n) is 3.47. The van der Waals surface area contributed by atoms with Crippen LogP contribution < -0.4 is 16.2 Å². The smallest absolute Gasteiger partial charge is 0.349 e. The third kappa shape index (κ3) is 3.67. The molecule has 0 radical (unpaired) electrons. The highest BCUT2D eigenvalue weighted by Crippen LogP contribution is 2.20. The second-order valence-electron chi connectivity index (χ2n) is 5.26. The van der Waals surface area contributed by atoms with Gasteiger partial charge < -0.3 is 15.6 Å². The van der Waals surface area contributed by atoms with Crippen molar-refractivity contribution in [2.45, 2.75) is 12.6 Å². The molecule has 3 rings (SSSR count). The molecule has 118 valence electrons. The van der Waals surface area contributed by atoms with Crippen LogP contribution in [0.25, 0.3) is 10.8 Å². The summed E-state index contributed by atoms with van der Waals surface area (Å²) in [4.78, 5) is 15.2. The van der Waals surface area contributed by atoms with Gasteiger partial charge in [0.1, 0.15) is 24.3 Å². The number of nitrogens with two attached hydrogens (primary N) is 1. The number of aliphatic hydroxyl groups is 1. The van der Waals surface area contributed by atoms with Crippen molar-refractivity contribution in [3.63, 3.8) is 0 Å². The maximum absolute atomic E-state index is 11.6. The third-order valence-corrected chi connectivity index (χ3v) is 3.47. The van der Waals surface area contributed by atoms with Crippen LogP contribution in [0.5, 0.6) is 5.75 Å². The van der Waals surface area contributed by atoms with Gasteiger partial charge in [0.25, 0.3) is 0 Å². The maximum Gasteiger partial charge on any atom is 0.349 e. The summed E-state index contributed by atoms with van der Waals surface area (Å²) >= 11 is 0. The molecule has 0 fully saturated rings. The van der Waals surface area contributed by atoms with Crippen molar-refractivity contribution in [1.82, 2.24) is 9.55 Å². The number of aromatic nitrogens is 2. The van der Waals surface area contributed by atoms with Crippen LogP contribution in [-0.2, 0) is 6.54 Å². The summed E-state index contributed by atoms with van der Waals surface area (Å²) in [5.74, 6) is 0.832. The van der Waals surface area contributed by atoms with Gasteiger partial charge in [0.05, 0.1) is 6.54 Å². The van der Waals surface area contributed by atoms with E-state index in [2.05, 4.69) is 4.98 Å². The number of nitrogen functional groups attached to an aromatic ring is 1. The molecule has 0 bridgehead atoms. The number of benzene rings is 2. The highest BCUT2D eigenvalue weighted by molar-refractivity contribution is 5.83. The summed E-state index contributed by atoms with van der Waals surface area (Å²) in [6, 6.07) is 15.2. The summed E-state index contributed by atoms with van der Waals surface area (Å²) in [6.07, 6.45) is 0.675. The monoisotopic (exact) mass is 311 g/mol. The van der Waals surface area contributed by atoms with Gasteiger partial charge in [-0.3, -0.25) is 4.57 Å². The first kappa shape index (κ1) is 15.1. The average Bonchev–Trinajstić information content (AvgIpc) is 2.55. The van der Waals surface area contributed by atoms with E-state index >= 15 is 0 Å². The van der Waals surface area contributed by atoms with Crippen LogP contribution in [0.4, 0.5) is 5.82 Å². The number of nitrogens with zero attached hydrogens (tertiary/aromatic N) is 2. The molecule has 0 saturated heterocycles.